The standard InChI is InChI=1S/2C5H4N4O2/c10-4-2-3(7-1-6-2)8-5(11)9-4;10-4-2-1-6-9-3(2)7-5(11)8-4/h2*1H,(H3,6,7,8,9,10,11). The van der Waals surface area contributed by atoms with Crippen LogP contribution in [0.2, 0.25) is 0 Å². The molecule has 0 bridgehead atoms. The molecule has 0 saturated carbocycles. The second-order valence-electron chi connectivity index (χ2n) is 4.10. The van der Waals surface area contributed by atoms with Crippen LogP contribution in [0.25, 0.3) is 22.2 Å². The van der Waals surface area contributed by atoms with Crippen molar-refractivity contribution in [1.82, 2.24) is 40.1 Å². The third kappa shape index (κ3) is 2.35. The minimum Gasteiger partial charge on any atom is -0.339 e. The van der Waals surface area contributed by atoms with Gasteiger partial charge in [0.15, 0.2) is 5.65 Å². The second-order valence-corrected chi connectivity index (χ2v) is 4.10. The molecule has 4 heterocycles. The average Bonchev–Trinajstić information content (AvgIpc) is 3.07. The summed E-state index contributed by atoms with van der Waals surface area (Å²) >= 11 is 0. The predicted molar refractivity (Wildman–Crippen MR) is 74.7 cm³/mol. The first-order valence-electron chi connectivity index (χ1n) is 5.86. The van der Waals surface area contributed by atoms with E-state index in [1.165, 1.54) is 12.5 Å². The number of H-pyrrole nitrogens is 6. The van der Waals surface area contributed by atoms with Gasteiger partial charge in [0.25, 0.3) is 11.1 Å². The molecule has 4 aromatic heterocycles. The number of imidazole rings is 1. The molecular formula is C10H8N8O4. The number of aromatic amines is 6. The topological polar surface area (TPSA) is 189 Å². The Morgan fingerprint density at radius 3 is 2.41 bits per heavy atom. The van der Waals surface area contributed by atoms with Gasteiger partial charge in [-0.05, 0) is 0 Å². The number of aromatic nitrogens is 8. The van der Waals surface area contributed by atoms with E-state index in [1.54, 1.807) is 0 Å². The van der Waals surface area contributed by atoms with Gasteiger partial charge < -0.3 is 4.98 Å². The molecule has 4 aromatic rings. The highest BCUT2D eigenvalue weighted by Crippen LogP contribution is 1.94. The third-order valence-electron chi connectivity index (χ3n) is 2.67. The number of rotatable bonds is 0. The van der Waals surface area contributed by atoms with Gasteiger partial charge in [-0.15, -0.1) is 0 Å². The zero-order valence-electron chi connectivity index (χ0n) is 10.7. The van der Waals surface area contributed by atoms with Crippen LogP contribution < -0.4 is 22.5 Å². The number of nitrogens with one attached hydrogen (secondary N) is 6. The molecule has 0 amide bonds. The number of hydrogen-bond donors (Lipinski definition) is 6. The summed E-state index contributed by atoms with van der Waals surface area (Å²) in [4.78, 5) is 58.3. The van der Waals surface area contributed by atoms with E-state index in [-0.39, 0.29) is 11.2 Å². The molecule has 0 aliphatic heterocycles. The Balaban J connectivity index is 0.000000131. The van der Waals surface area contributed by atoms with Gasteiger partial charge in [0.1, 0.15) is 16.6 Å². The summed E-state index contributed by atoms with van der Waals surface area (Å²) in [6, 6.07) is 0. The van der Waals surface area contributed by atoms with E-state index in [0.29, 0.717) is 11.0 Å². The maximum absolute atomic E-state index is 10.9. The van der Waals surface area contributed by atoms with Gasteiger partial charge in [0.05, 0.1) is 12.5 Å². The second kappa shape index (κ2) is 5.01. The molecule has 22 heavy (non-hydrogen) atoms. The van der Waals surface area contributed by atoms with Crippen LogP contribution in [-0.4, -0.2) is 40.1 Å². The molecule has 0 aliphatic carbocycles. The summed E-state index contributed by atoms with van der Waals surface area (Å²) in [6.45, 7) is 0. The normalized spacial score (nSPS) is 10.5. The van der Waals surface area contributed by atoms with Crippen molar-refractivity contribution in [3.05, 3.63) is 54.2 Å². The Hall–Kier alpha value is -3.70. The maximum atomic E-state index is 10.9. The minimum absolute atomic E-state index is 0.277. The van der Waals surface area contributed by atoms with E-state index >= 15 is 0 Å². The molecule has 6 N–H and O–H groups in total. The Morgan fingerprint density at radius 2 is 1.59 bits per heavy atom. The smallest absolute Gasteiger partial charge is 0.327 e. The highest BCUT2D eigenvalue weighted by atomic mass is 16.2. The Morgan fingerprint density at radius 1 is 0.864 bits per heavy atom. The fraction of sp³-hybridized carbons (Fsp3) is 0. The van der Waals surface area contributed by atoms with Crippen LogP contribution in [0.4, 0.5) is 0 Å². The Bertz CT molecular complexity index is 1080. The molecule has 4 rings (SSSR count). The summed E-state index contributed by atoms with van der Waals surface area (Å²) in [5, 5.41) is 6.42. The SMILES string of the molecule is O=c1[nH]c(=O)c2[nH]cnc2[nH]1.O=c1[nH]c(=O)c2cn[nH]c2[nH]1. The summed E-state index contributed by atoms with van der Waals surface area (Å²) in [7, 11) is 0. The van der Waals surface area contributed by atoms with E-state index < -0.39 is 22.5 Å². The van der Waals surface area contributed by atoms with Crippen molar-refractivity contribution >= 4 is 22.2 Å². The van der Waals surface area contributed by atoms with Crippen molar-refractivity contribution < 1.29 is 0 Å². The van der Waals surface area contributed by atoms with Gasteiger partial charge in [0.2, 0.25) is 0 Å². The first kappa shape index (κ1) is 13.3. The summed E-state index contributed by atoms with van der Waals surface area (Å²) in [6.07, 6.45) is 2.69. The van der Waals surface area contributed by atoms with E-state index in [2.05, 4.69) is 40.1 Å². The van der Waals surface area contributed by atoms with E-state index in [4.69, 9.17) is 0 Å². The van der Waals surface area contributed by atoms with Crippen molar-refractivity contribution in [2.45, 2.75) is 0 Å². The zero-order valence-corrected chi connectivity index (χ0v) is 10.7. The molecular weight excluding hydrogens is 296 g/mol. The lowest BCUT2D eigenvalue weighted by atomic mass is 10.4. The fourth-order valence-electron chi connectivity index (χ4n) is 1.74. The molecule has 0 radical (unpaired) electrons. The van der Waals surface area contributed by atoms with Crippen LogP contribution in [0, 0.1) is 0 Å². The third-order valence-corrected chi connectivity index (χ3v) is 2.67. The first-order valence-corrected chi connectivity index (χ1v) is 5.86. The van der Waals surface area contributed by atoms with Crippen molar-refractivity contribution in [1.29, 1.82) is 0 Å². The molecule has 112 valence electrons. The predicted octanol–water partition coefficient (Wildman–Crippen LogP) is -2.12. The molecule has 12 heteroatoms. The van der Waals surface area contributed by atoms with Crippen molar-refractivity contribution in [3.63, 3.8) is 0 Å². The summed E-state index contributed by atoms with van der Waals surface area (Å²) in [5.74, 6) is 0. The quantitative estimate of drug-likeness (QED) is 0.215. The van der Waals surface area contributed by atoms with E-state index in [1.807, 2.05) is 0 Å². The van der Waals surface area contributed by atoms with Gasteiger partial charge in [-0.3, -0.25) is 34.6 Å². The molecule has 0 aromatic carbocycles. The lowest BCUT2D eigenvalue weighted by molar-refractivity contribution is 1.04. The highest BCUT2D eigenvalue weighted by Gasteiger charge is 2.00. The maximum Gasteiger partial charge on any atom is 0.327 e. The molecule has 0 aliphatic rings. The monoisotopic (exact) mass is 304 g/mol. The summed E-state index contributed by atoms with van der Waals surface area (Å²) in [5.41, 5.74) is -1.07. The summed E-state index contributed by atoms with van der Waals surface area (Å²) < 4.78 is 0. The molecule has 0 spiro atoms. The van der Waals surface area contributed by atoms with Gasteiger partial charge in [-0.2, -0.15) is 5.10 Å². The van der Waals surface area contributed by atoms with Crippen LogP contribution in [0.1, 0.15) is 0 Å². The van der Waals surface area contributed by atoms with E-state index in [0.717, 1.165) is 0 Å². The molecule has 0 fully saturated rings. The van der Waals surface area contributed by atoms with Crippen LogP contribution in [-0.2, 0) is 0 Å². The highest BCUT2D eigenvalue weighted by molar-refractivity contribution is 5.71. The van der Waals surface area contributed by atoms with Crippen molar-refractivity contribution in [3.8, 4) is 0 Å². The molecule has 12 nitrogen and oxygen atoms in total. The number of nitrogens with zero attached hydrogens (tertiary/aromatic N) is 2. The zero-order chi connectivity index (χ0) is 15.7. The van der Waals surface area contributed by atoms with Gasteiger partial charge in [-0.25, -0.2) is 14.6 Å². The lowest BCUT2D eigenvalue weighted by Gasteiger charge is -1.83. The minimum atomic E-state index is -0.547. The van der Waals surface area contributed by atoms with Crippen LogP contribution in [0.5, 0.6) is 0 Å². The molecule has 0 atom stereocenters. The van der Waals surface area contributed by atoms with Crippen molar-refractivity contribution in [2.75, 3.05) is 0 Å². The van der Waals surface area contributed by atoms with Crippen LogP contribution >= 0.6 is 0 Å². The number of fused-ring (bicyclic) bond motifs is 2. The van der Waals surface area contributed by atoms with Gasteiger partial charge >= 0.3 is 11.4 Å². The van der Waals surface area contributed by atoms with Gasteiger partial charge in [0, 0.05) is 0 Å². The van der Waals surface area contributed by atoms with Crippen LogP contribution in [0.3, 0.4) is 0 Å². The van der Waals surface area contributed by atoms with Crippen molar-refractivity contribution in [2.24, 2.45) is 0 Å². The fourth-order valence-corrected chi connectivity index (χ4v) is 1.74. The Kier molecular flexibility index (Phi) is 3.02. The largest absolute Gasteiger partial charge is 0.339 e. The molecule has 0 saturated heterocycles. The first-order chi connectivity index (χ1) is 10.5. The van der Waals surface area contributed by atoms with Gasteiger partial charge in [-0.1, -0.05) is 0 Å². The average molecular weight is 304 g/mol. The Labute approximate surface area is 117 Å². The van der Waals surface area contributed by atoms with Crippen LogP contribution in [0.15, 0.2) is 31.7 Å². The lowest BCUT2D eigenvalue weighted by Crippen LogP contribution is -2.21. The molecule has 0 unspecified atom stereocenters. The van der Waals surface area contributed by atoms with E-state index in [9.17, 15) is 19.2 Å². The number of hydrogen-bond acceptors (Lipinski definition) is 6.